The van der Waals surface area contributed by atoms with Gasteiger partial charge in [0, 0.05) is 22.9 Å². The van der Waals surface area contributed by atoms with Crippen LogP contribution in [0.4, 0.5) is 0 Å². The molecule has 0 bridgehead atoms. The van der Waals surface area contributed by atoms with Crippen LogP contribution in [0.25, 0.3) is 0 Å². The molecule has 0 aliphatic rings. The Morgan fingerprint density at radius 2 is 2.00 bits per heavy atom. The Labute approximate surface area is 122 Å². The van der Waals surface area contributed by atoms with Gasteiger partial charge in [-0.1, -0.05) is 18.5 Å². The number of nitriles is 1. The molecular formula is C14H15ClN2O3. The van der Waals surface area contributed by atoms with Crippen molar-refractivity contribution in [3.05, 3.63) is 34.9 Å². The van der Waals surface area contributed by atoms with E-state index >= 15 is 0 Å². The molecule has 0 aromatic heterocycles. The molecule has 5 nitrogen and oxygen atoms in total. The van der Waals surface area contributed by atoms with Gasteiger partial charge >= 0.3 is 5.97 Å². The van der Waals surface area contributed by atoms with Crippen LogP contribution in [0.5, 0.6) is 0 Å². The van der Waals surface area contributed by atoms with Crippen LogP contribution in [0.1, 0.15) is 23.7 Å². The fourth-order valence-corrected chi connectivity index (χ4v) is 1.77. The molecule has 0 radical (unpaired) electrons. The fourth-order valence-electron chi connectivity index (χ4n) is 1.65. The van der Waals surface area contributed by atoms with Gasteiger partial charge in [-0.15, -0.1) is 0 Å². The number of halogens is 1. The number of hydrogen-bond donors (Lipinski definition) is 1. The van der Waals surface area contributed by atoms with Gasteiger partial charge in [0.2, 0.25) is 0 Å². The summed E-state index contributed by atoms with van der Waals surface area (Å²) >= 11 is 5.74. The van der Waals surface area contributed by atoms with Crippen molar-refractivity contribution in [2.75, 3.05) is 7.11 Å². The molecule has 0 heterocycles. The first kappa shape index (κ1) is 16.0. The summed E-state index contributed by atoms with van der Waals surface area (Å²) in [6, 6.07) is 7.40. The summed E-state index contributed by atoms with van der Waals surface area (Å²) in [5.74, 6) is -1.33. The summed E-state index contributed by atoms with van der Waals surface area (Å²) in [5.41, 5.74) is 0.382. The predicted octanol–water partition coefficient (Wildman–Crippen LogP) is 2.16. The number of carbonyl (C=O) groups excluding carboxylic acids is 2. The second-order valence-electron chi connectivity index (χ2n) is 4.32. The fraction of sp³-hybridized carbons (Fsp3) is 0.357. The average molecular weight is 295 g/mol. The number of nitrogens with zero attached hydrogens (tertiary/aromatic N) is 1. The van der Waals surface area contributed by atoms with Gasteiger partial charge in [0.1, 0.15) is 6.04 Å². The van der Waals surface area contributed by atoms with E-state index < -0.39 is 17.9 Å². The van der Waals surface area contributed by atoms with Crippen molar-refractivity contribution in [1.82, 2.24) is 5.32 Å². The Kier molecular flexibility index (Phi) is 6.01. The lowest BCUT2D eigenvalue weighted by Gasteiger charge is -2.21. The number of carbonyl (C=O) groups is 2. The first-order valence-corrected chi connectivity index (χ1v) is 6.38. The first-order valence-electron chi connectivity index (χ1n) is 6.00. The van der Waals surface area contributed by atoms with Crippen molar-refractivity contribution >= 4 is 23.5 Å². The number of nitrogens with one attached hydrogen (secondary N) is 1. The van der Waals surface area contributed by atoms with Crippen molar-refractivity contribution in [3.8, 4) is 6.07 Å². The summed E-state index contributed by atoms with van der Waals surface area (Å²) in [7, 11) is 1.24. The molecule has 1 N–H and O–H groups in total. The maximum atomic E-state index is 12.1. The van der Waals surface area contributed by atoms with Gasteiger partial charge in [-0.3, -0.25) is 4.79 Å². The minimum atomic E-state index is -0.858. The van der Waals surface area contributed by atoms with Gasteiger partial charge in [0.05, 0.1) is 13.2 Å². The van der Waals surface area contributed by atoms with Crippen molar-refractivity contribution in [3.63, 3.8) is 0 Å². The number of rotatable bonds is 5. The molecular weight excluding hydrogens is 280 g/mol. The second-order valence-corrected chi connectivity index (χ2v) is 4.76. The lowest BCUT2D eigenvalue weighted by atomic mass is 9.98. The third kappa shape index (κ3) is 4.25. The minimum Gasteiger partial charge on any atom is -0.467 e. The van der Waals surface area contributed by atoms with Crippen molar-refractivity contribution in [2.45, 2.75) is 19.4 Å². The molecule has 1 aromatic rings. The normalized spacial score (nSPS) is 12.9. The van der Waals surface area contributed by atoms with Crippen LogP contribution in [0.15, 0.2) is 24.3 Å². The van der Waals surface area contributed by atoms with Gasteiger partial charge in [-0.2, -0.15) is 5.26 Å². The SMILES string of the molecule is COC(=O)[C@@H](NC(=O)c1ccc(Cl)cc1)[C@@H](C)CC#N. The Bertz CT molecular complexity index is 522. The molecule has 1 rings (SSSR count). The lowest BCUT2D eigenvalue weighted by molar-refractivity contribution is -0.144. The second kappa shape index (κ2) is 7.51. The van der Waals surface area contributed by atoms with Crippen molar-refractivity contribution < 1.29 is 14.3 Å². The monoisotopic (exact) mass is 294 g/mol. The maximum absolute atomic E-state index is 12.1. The van der Waals surface area contributed by atoms with Crippen LogP contribution in [0, 0.1) is 17.2 Å². The molecule has 0 aliphatic carbocycles. The zero-order valence-electron chi connectivity index (χ0n) is 11.2. The predicted molar refractivity (Wildman–Crippen MR) is 74.1 cm³/mol. The van der Waals surface area contributed by atoms with Gasteiger partial charge in [-0.05, 0) is 24.3 Å². The van der Waals surface area contributed by atoms with Gasteiger partial charge < -0.3 is 10.1 Å². The summed E-state index contributed by atoms with van der Waals surface area (Å²) in [5, 5.41) is 11.8. The van der Waals surface area contributed by atoms with E-state index in [1.165, 1.54) is 7.11 Å². The van der Waals surface area contributed by atoms with Crippen LogP contribution in [0.3, 0.4) is 0 Å². The molecule has 1 aromatic carbocycles. The third-order valence-electron chi connectivity index (χ3n) is 2.83. The topological polar surface area (TPSA) is 79.2 Å². The van der Waals surface area contributed by atoms with Crippen molar-refractivity contribution in [1.29, 1.82) is 5.26 Å². The molecule has 0 fully saturated rings. The van der Waals surface area contributed by atoms with Gasteiger partial charge in [-0.25, -0.2) is 4.79 Å². The quantitative estimate of drug-likeness (QED) is 0.844. The van der Waals surface area contributed by atoms with E-state index in [9.17, 15) is 9.59 Å². The first-order chi connectivity index (χ1) is 9.49. The van der Waals surface area contributed by atoms with E-state index in [-0.39, 0.29) is 12.3 Å². The zero-order valence-corrected chi connectivity index (χ0v) is 12.0. The summed E-state index contributed by atoms with van der Waals surface area (Å²) in [4.78, 5) is 23.7. The Hall–Kier alpha value is -2.06. The highest BCUT2D eigenvalue weighted by molar-refractivity contribution is 6.30. The highest BCUT2D eigenvalue weighted by Crippen LogP contribution is 2.12. The van der Waals surface area contributed by atoms with E-state index in [2.05, 4.69) is 10.1 Å². The van der Waals surface area contributed by atoms with Crippen molar-refractivity contribution in [2.24, 2.45) is 5.92 Å². The van der Waals surface area contributed by atoms with Crippen LogP contribution in [-0.4, -0.2) is 25.0 Å². The number of benzene rings is 1. The molecule has 1 amide bonds. The Morgan fingerprint density at radius 1 is 1.40 bits per heavy atom. The summed E-state index contributed by atoms with van der Waals surface area (Å²) < 4.78 is 4.65. The molecule has 0 spiro atoms. The summed E-state index contributed by atoms with van der Waals surface area (Å²) in [6.45, 7) is 1.70. The van der Waals surface area contributed by atoms with Gasteiger partial charge in [0.25, 0.3) is 5.91 Å². The molecule has 20 heavy (non-hydrogen) atoms. The van der Waals surface area contributed by atoms with Gasteiger partial charge in [0.15, 0.2) is 0 Å². The van der Waals surface area contributed by atoms with Crippen LogP contribution >= 0.6 is 11.6 Å². The molecule has 106 valence electrons. The molecule has 0 aliphatic heterocycles. The van der Waals surface area contributed by atoms with E-state index in [4.69, 9.17) is 16.9 Å². The number of amides is 1. The standard InChI is InChI=1S/C14H15ClN2O3/c1-9(7-8-16)12(14(19)20-2)17-13(18)10-3-5-11(15)6-4-10/h3-6,9,12H,7H2,1-2H3,(H,17,18)/t9-,12-/m0/s1. The Morgan fingerprint density at radius 3 is 2.50 bits per heavy atom. The Balaban J connectivity index is 2.84. The highest BCUT2D eigenvalue weighted by Gasteiger charge is 2.27. The molecule has 0 saturated heterocycles. The number of esters is 1. The number of ether oxygens (including phenoxy) is 1. The van der Waals surface area contributed by atoms with E-state index in [0.717, 1.165) is 0 Å². The molecule has 2 atom stereocenters. The summed E-state index contributed by atoms with van der Waals surface area (Å²) in [6.07, 6.45) is 0.140. The number of methoxy groups -OCH3 is 1. The maximum Gasteiger partial charge on any atom is 0.328 e. The molecule has 0 saturated carbocycles. The zero-order chi connectivity index (χ0) is 15.1. The molecule has 6 heteroatoms. The van der Waals surface area contributed by atoms with E-state index in [1.54, 1.807) is 31.2 Å². The number of hydrogen-bond acceptors (Lipinski definition) is 4. The smallest absolute Gasteiger partial charge is 0.328 e. The van der Waals surface area contributed by atoms with E-state index in [0.29, 0.717) is 10.6 Å². The highest BCUT2D eigenvalue weighted by atomic mass is 35.5. The largest absolute Gasteiger partial charge is 0.467 e. The lowest BCUT2D eigenvalue weighted by Crippen LogP contribution is -2.45. The van der Waals surface area contributed by atoms with Crippen LogP contribution in [0.2, 0.25) is 5.02 Å². The molecule has 0 unspecified atom stereocenters. The minimum absolute atomic E-state index is 0.140. The van der Waals surface area contributed by atoms with Crippen LogP contribution < -0.4 is 5.32 Å². The van der Waals surface area contributed by atoms with E-state index in [1.807, 2.05) is 6.07 Å². The van der Waals surface area contributed by atoms with Crippen LogP contribution in [-0.2, 0) is 9.53 Å². The third-order valence-corrected chi connectivity index (χ3v) is 3.08. The average Bonchev–Trinajstić information content (AvgIpc) is 2.44.